The van der Waals surface area contributed by atoms with Crippen molar-refractivity contribution in [3.8, 4) is 0 Å². The fourth-order valence-corrected chi connectivity index (χ4v) is 3.88. The van der Waals surface area contributed by atoms with Crippen molar-refractivity contribution < 1.29 is 19.2 Å². The van der Waals surface area contributed by atoms with Gasteiger partial charge in [0, 0.05) is 25.4 Å². The number of nitrogens with one attached hydrogen (secondary N) is 1. The Balaban J connectivity index is 0.000000221. The van der Waals surface area contributed by atoms with Crippen LogP contribution in [0.4, 0.5) is 5.69 Å². The minimum atomic E-state index is -0.351. The van der Waals surface area contributed by atoms with E-state index in [0.29, 0.717) is 12.8 Å². The molecule has 0 radical (unpaired) electrons. The standard InChI is InChI=1S/C14H19NO2.C9H16O2/c1-14(2)10-6-9-12(16)13(14)17-15-11-7-4-3-5-8-11;1-9(2)5-4-8(11-3)7(10)6-9/h3-5,7-8,13,15H,6,9-10H2,1-2H3;8H,4-6H2,1-3H3/t13-;8-/m01/s1. The van der Waals surface area contributed by atoms with Gasteiger partial charge in [-0.25, -0.2) is 0 Å². The average molecular weight is 390 g/mol. The van der Waals surface area contributed by atoms with Gasteiger partial charge in [-0.3, -0.25) is 19.9 Å². The number of anilines is 1. The molecule has 5 heteroatoms. The number of hydrogen-bond acceptors (Lipinski definition) is 5. The van der Waals surface area contributed by atoms with E-state index in [4.69, 9.17) is 9.57 Å². The molecule has 0 aromatic heterocycles. The van der Waals surface area contributed by atoms with Crippen LogP contribution in [0.3, 0.4) is 0 Å². The van der Waals surface area contributed by atoms with Crippen LogP contribution in [0.1, 0.15) is 66.2 Å². The summed E-state index contributed by atoms with van der Waals surface area (Å²) in [7, 11) is 1.61. The maximum absolute atomic E-state index is 11.9. The predicted octanol–water partition coefficient (Wildman–Crippen LogP) is 4.96. The summed E-state index contributed by atoms with van der Waals surface area (Å²) < 4.78 is 5.05. The first-order valence-electron chi connectivity index (χ1n) is 10.2. The lowest BCUT2D eigenvalue weighted by atomic mass is 9.74. The number of methoxy groups -OCH3 is 1. The topological polar surface area (TPSA) is 64.6 Å². The van der Waals surface area contributed by atoms with Crippen molar-refractivity contribution in [3.63, 3.8) is 0 Å². The molecule has 2 aliphatic carbocycles. The molecule has 2 aliphatic rings. The van der Waals surface area contributed by atoms with E-state index >= 15 is 0 Å². The molecule has 0 spiro atoms. The molecule has 5 nitrogen and oxygen atoms in total. The number of ketones is 2. The lowest BCUT2D eigenvalue weighted by molar-refractivity contribution is -0.140. The predicted molar refractivity (Wildman–Crippen MR) is 111 cm³/mol. The van der Waals surface area contributed by atoms with Gasteiger partial charge in [-0.1, -0.05) is 45.9 Å². The van der Waals surface area contributed by atoms with Gasteiger partial charge >= 0.3 is 0 Å². The highest BCUT2D eigenvalue weighted by Gasteiger charge is 2.39. The number of rotatable bonds is 4. The average Bonchev–Trinajstić information content (AvgIpc) is 2.61. The summed E-state index contributed by atoms with van der Waals surface area (Å²) in [5.74, 6) is 0.466. The van der Waals surface area contributed by atoms with Gasteiger partial charge < -0.3 is 4.74 Å². The summed E-state index contributed by atoms with van der Waals surface area (Å²) in [6.45, 7) is 8.44. The second kappa shape index (κ2) is 9.66. The molecule has 0 bridgehead atoms. The maximum atomic E-state index is 11.9. The number of benzene rings is 1. The normalized spacial score (nSPS) is 26.2. The van der Waals surface area contributed by atoms with Crippen molar-refractivity contribution in [1.82, 2.24) is 0 Å². The third-order valence-corrected chi connectivity index (χ3v) is 5.69. The zero-order chi connectivity index (χ0) is 20.8. The molecule has 0 unspecified atom stereocenters. The number of para-hydroxylation sites is 1. The Kier molecular flexibility index (Phi) is 7.79. The fourth-order valence-electron chi connectivity index (χ4n) is 3.88. The van der Waals surface area contributed by atoms with Gasteiger partial charge in [-0.15, -0.1) is 0 Å². The highest BCUT2D eigenvalue weighted by molar-refractivity contribution is 5.85. The Morgan fingerprint density at radius 2 is 1.68 bits per heavy atom. The van der Waals surface area contributed by atoms with Crippen molar-refractivity contribution in [3.05, 3.63) is 30.3 Å². The van der Waals surface area contributed by atoms with Gasteiger partial charge in [0.1, 0.15) is 12.2 Å². The van der Waals surface area contributed by atoms with Crippen LogP contribution in [0.2, 0.25) is 0 Å². The van der Waals surface area contributed by atoms with Crippen LogP contribution in [0, 0.1) is 10.8 Å². The highest BCUT2D eigenvalue weighted by atomic mass is 16.7. The molecule has 1 N–H and O–H groups in total. The van der Waals surface area contributed by atoms with Gasteiger partial charge in [-0.05, 0) is 43.2 Å². The molecular formula is C23H35NO4. The Bertz CT molecular complexity index is 654. The van der Waals surface area contributed by atoms with E-state index in [1.165, 1.54) is 0 Å². The lowest BCUT2D eigenvalue weighted by Gasteiger charge is -2.36. The number of carbonyl (C=O) groups is 2. The Labute approximate surface area is 169 Å². The second-order valence-corrected chi connectivity index (χ2v) is 9.34. The van der Waals surface area contributed by atoms with Crippen molar-refractivity contribution in [2.75, 3.05) is 12.6 Å². The third-order valence-electron chi connectivity index (χ3n) is 5.69. The quantitative estimate of drug-likeness (QED) is 0.738. The molecule has 2 fully saturated rings. The van der Waals surface area contributed by atoms with Crippen LogP contribution < -0.4 is 5.48 Å². The monoisotopic (exact) mass is 389 g/mol. The van der Waals surface area contributed by atoms with Crippen molar-refractivity contribution in [2.24, 2.45) is 10.8 Å². The first-order valence-corrected chi connectivity index (χ1v) is 10.2. The van der Waals surface area contributed by atoms with Crippen molar-refractivity contribution in [1.29, 1.82) is 0 Å². The molecule has 0 heterocycles. The van der Waals surface area contributed by atoms with Gasteiger partial charge in [-0.2, -0.15) is 0 Å². The van der Waals surface area contributed by atoms with Crippen molar-refractivity contribution >= 4 is 17.3 Å². The molecular weight excluding hydrogens is 354 g/mol. The third kappa shape index (κ3) is 6.42. The van der Waals surface area contributed by atoms with E-state index in [1.807, 2.05) is 30.3 Å². The number of ether oxygens (including phenoxy) is 1. The SMILES string of the molecule is CC1(C)CCCC(=O)[C@@H]1ONc1ccccc1.CO[C@@H]1CCC(C)(C)CC1=O. The van der Waals surface area contributed by atoms with Crippen LogP contribution in [0.5, 0.6) is 0 Å². The van der Waals surface area contributed by atoms with Gasteiger partial charge in [0.25, 0.3) is 0 Å². The van der Waals surface area contributed by atoms with Gasteiger partial charge in [0.15, 0.2) is 11.6 Å². The summed E-state index contributed by atoms with van der Waals surface area (Å²) >= 11 is 0. The summed E-state index contributed by atoms with van der Waals surface area (Å²) in [6.07, 6.45) is 4.81. The van der Waals surface area contributed by atoms with E-state index < -0.39 is 0 Å². The molecule has 156 valence electrons. The highest BCUT2D eigenvalue weighted by Crippen LogP contribution is 2.36. The van der Waals surface area contributed by atoms with Crippen LogP contribution in [-0.4, -0.2) is 30.9 Å². The van der Waals surface area contributed by atoms with Gasteiger partial charge in [0.05, 0.1) is 5.69 Å². The Hall–Kier alpha value is -1.72. The van der Waals surface area contributed by atoms with E-state index in [1.54, 1.807) is 7.11 Å². The molecule has 0 saturated heterocycles. The Morgan fingerprint density at radius 3 is 2.25 bits per heavy atom. The zero-order valence-electron chi connectivity index (χ0n) is 17.9. The summed E-state index contributed by atoms with van der Waals surface area (Å²) in [6, 6.07) is 9.64. The number of carbonyl (C=O) groups excluding carboxylic acids is 2. The molecule has 2 atom stereocenters. The largest absolute Gasteiger partial charge is 0.374 e. The van der Waals surface area contributed by atoms with E-state index in [0.717, 1.165) is 31.4 Å². The minimum absolute atomic E-state index is 0.0862. The molecule has 0 amide bonds. The van der Waals surface area contributed by atoms with E-state index in [9.17, 15) is 9.59 Å². The molecule has 0 aliphatic heterocycles. The van der Waals surface area contributed by atoms with E-state index in [-0.39, 0.29) is 34.6 Å². The number of Topliss-reactive ketones (excluding diaryl/α,β-unsaturated/α-hetero) is 2. The van der Waals surface area contributed by atoms with E-state index in [2.05, 4.69) is 33.2 Å². The van der Waals surface area contributed by atoms with Crippen molar-refractivity contribution in [2.45, 2.75) is 78.4 Å². The van der Waals surface area contributed by atoms with Crippen LogP contribution >= 0.6 is 0 Å². The maximum Gasteiger partial charge on any atom is 0.164 e. The summed E-state index contributed by atoms with van der Waals surface area (Å²) in [4.78, 5) is 28.8. The fraction of sp³-hybridized carbons (Fsp3) is 0.652. The van der Waals surface area contributed by atoms with Crippen LogP contribution in [-0.2, 0) is 19.2 Å². The molecule has 3 rings (SSSR count). The first-order chi connectivity index (χ1) is 13.1. The first kappa shape index (κ1) is 22.6. The molecule has 1 aromatic carbocycles. The zero-order valence-corrected chi connectivity index (χ0v) is 17.9. The molecule has 1 aromatic rings. The number of hydrogen-bond donors (Lipinski definition) is 1. The summed E-state index contributed by atoms with van der Waals surface area (Å²) in [5.41, 5.74) is 3.87. The lowest BCUT2D eigenvalue weighted by Crippen LogP contribution is -2.43. The summed E-state index contributed by atoms with van der Waals surface area (Å²) in [5, 5.41) is 0. The van der Waals surface area contributed by atoms with Gasteiger partial charge in [0.2, 0.25) is 0 Å². The molecule has 28 heavy (non-hydrogen) atoms. The van der Waals surface area contributed by atoms with Crippen LogP contribution in [0.25, 0.3) is 0 Å². The second-order valence-electron chi connectivity index (χ2n) is 9.34. The smallest absolute Gasteiger partial charge is 0.164 e. The molecule has 2 saturated carbocycles. The Morgan fingerprint density at radius 1 is 1.00 bits per heavy atom. The van der Waals surface area contributed by atoms with Crippen LogP contribution in [0.15, 0.2) is 30.3 Å². The minimum Gasteiger partial charge on any atom is -0.374 e.